The van der Waals surface area contributed by atoms with Crippen LogP contribution in [0, 0.1) is 6.92 Å². The number of aryl methyl sites for hydroxylation is 1. The molecule has 4 nitrogen and oxygen atoms in total. The molecule has 0 saturated heterocycles. The molecule has 0 fully saturated rings. The highest BCUT2D eigenvalue weighted by atomic mass is 127. The van der Waals surface area contributed by atoms with E-state index in [0.717, 1.165) is 41.2 Å². The summed E-state index contributed by atoms with van der Waals surface area (Å²) in [5.41, 5.74) is 6.00. The number of methoxy groups -OCH3 is 2. The lowest BCUT2D eigenvalue weighted by molar-refractivity contribution is 0.405. The van der Waals surface area contributed by atoms with Crippen molar-refractivity contribution in [3.8, 4) is 11.5 Å². The van der Waals surface area contributed by atoms with Crippen molar-refractivity contribution in [2.24, 2.45) is 4.99 Å². The first-order valence-corrected chi connectivity index (χ1v) is 12.8. The highest BCUT2D eigenvalue weighted by Gasteiger charge is 2.17. The molecule has 3 rings (SSSR count). The van der Waals surface area contributed by atoms with Gasteiger partial charge < -0.3 is 14.4 Å². The molecule has 0 aliphatic carbocycles. The first kappa shape index (κ1) is 29.0. The molecule has 0 aromatic heterocycles. The Morgan fingerprint density at radius 2 is 1.37 bits per heavy atom. The summed E-state index contributed by atoms with van der Waals surface area (Å²) in [5, 5.41) is 1.03. The Bertz CT molecular complexity index is 1030. The minimum Gasteiger partial charge on any atom is -0.497 e. The van der Waals surface area contributed by atoms with Crippen LogP contribution < -0.4 is 9.47 Å². The number of halogens is 1. The van der Waals surface area contributed by atoms with Crippen LogP contribution in [0.2, 0.25) is 0 Å². The Hall–Kier alpha value is -2.19. The van der Waals surface area contributed by atoms with Crippen LogP contribution in [0.5, 0.6) is 11.5 Å². The number of hydrogen-bond donors (Lipinski definition) is 0. The molecule has 35 heavy (non-hydrogen) atoms. The Kier molecular flexibility index (Phi) is 11.9. The largest absolute Gasteiger partial charge is 0.497 e. The number of amidine groups is 1. The fraction of sp³-hybridized carbons (Fsp3) is 0.345. The molecule has 0 heterocycles. The number of benzene rings is 3. The van der Waals surface area contributed by atoms with E-state index in [0.29, 0.717) is 5.92 Å². The summed E-state index contributed by atoms with van der Waals surface area (Å²) in [5.74, 6) is 3.08. The summed E-state index contributed by atoms with van der Waals surface area (Å²) in [6.07, 6.45) is 0. The molecule has 0 unspecified atom stereocenters. The van der Waals surface area contributed by atoms with Crippen molar-refractivity contribution in [2.45, 2.75) is 46.7 Å². The molecule has 0 spiro atoms. The van der Waals surface area contributed by atoms with E-state index in [1.54, 1.807) is 26.0 Å². The van der Waals surface area contributed by atoms with Crippen molar-refractivity contribution in [3.05, 3.63) is 89.0 Å². The van der Waals surface area contributed by atoms with Crippen LogP contribution in [0.1, 0.15) is 48.9 Å². The van der Waals surface area contributed by atoms with E-state index in [9.17, 15) is 0 Å². The topological polar surface area (TPSA) is 34.1 Å². The third-order valence-corrected chi connectivity index (χ3v) is 6.60. The van der Waals surface area contributed by atoms with E-state index in [4.69, 9.17) is 14.5 Å². The van der Waals surface area contributed by atoms with Gasteiger partial charge in [0.2, 0.25) is 0 Å². The van der Waals surface area contributed by atoms with Gasteiger partial charge in [-0.2, -0.15) is 0 Å². The second kappa shape index (κ2) is 14.4. The molecule has 0 aliphatic heterocycles. The molecule has 0 amide bonds. The molecule has 0 N–H and O–H groups in total. The molecule has 0 aliphatic rings. The summed E-state index contributed by atoms with van der Waals surface area (Å²) in [4.78, 5) is 7.65. The summed E-state index contributed by atoms with van der Waals surface area (Å²) in [6, 6.07) is 23.0. The lowest BCUT2D eigenvalue weighted by Gasteiger charge is -2.27. The molecule has 3 aromatic rings. The van der Waals surface area contributed by atoms with Crippen LogP contribution in [0.4, 0.5) is 5.69 Å². The van der Waals surface area contributed by atoms with Gasteiger partial charge in [-0.05, 0) is 65.1 Å². The van der Waals surface area contributed by atoms with Gasteiger partial charge in [0.1, 0.15) is 11.5 Å². The van der Waals surface area contributed by atoms with Gasteiger partial charge in [-0.1, -0.05) is 75.0 Å². The van der Waals surface area contributed by atoms with Crippen LogP contribution in [0.15, 0.2) is 71.7 Å². The maximum atomic E-state index is 5.35. The highest BCUT2D eigenvalue weighted by molar-refractivity contribution is 14.0. The van der Waals surface area contributed by atoms with E-state index >= 15 is 0 Å². The maximum Gasteiger partial charge on any atom is 0.165 e. The number of thioether (sulfide) groups is 1. The first-order chi connectivity index (χ1) is 16.4. The van der Waals surface area contributed by atoms with Gasteiger partial charge in [0.25, 0.3) is 0 Å². The molecule has 0 atom stereocenters. The zero-order valence-electron chi connectivity index (χ0n) is 21.6. The second-order valence-electron chi connectivity index (χ2n) is 8.55. The summed E-state index contributed by atoms with van der Waals surface area (Å²) >= 11 is 1.79. The summed E-state index contributed by atoms with van der Waals surface area (Å²) in [6.45, 7) is 10.3. The molecule has 0 radical (unpaired) electrons. The van der Waals surface area contributed by atoms with Gasteiger partial charge >= 0.3 is 0 Å². The lowest BCUT2D eigenvalue weighted by Crippen LogP contribution is -2.28. The van der Waals surface area contributed by atoms with Crippen LogP contribution in [-0.2, 0) is 13.1 Å². The molecule has 0 bridgehead atoms. The molecule has 0 saturated carbocycles. The van der Waals surface area contributed by atoms with Gasteiger partial charge in [0.15, 0.2) is 5.17 Å². The summed E-state index contributed by atoms with van der Waals surface area (Å²) < 4.78 is 10.7. The quantitative estimate of drug-likeness (QED) is 0.140. The third kappa shape index (κ3) is 8.17. The number of hydrogen-bond acceptors (Lipinski definition) is 4. The monoisotopic (exact) mass is 604 g/mol. The third-order valence-electron chi connectivity index (χ3n) is 5.71. The second-order valence-corrected chi connectivity index (χ2v) is 9.78. The Morgan fingerprint density at radius 3 is 1.80 bits per heavy atom. The van der Waals surface area contributed by atoms with Crippen LogP contribution >= 0.6 is 35.7 Å². The van der Waals surface area contributed by atoms with Crippen molar-refractivity contribution in [2.75, 3.05) is 20.0 Å². The number of ether oxygens (including phenoxy) is 2. The molecular formula is C29H37IN2O2S. The predicted molar refractivity (Wildman–Crippen MR) is 161 cm³/mol. The fourth-order valence-corrected chi connectivity index (χ4v) is 4.54. The number of aliphatic imine (C=N–C) groups is 1. The number of nitrogens with zero attached hydrogens (tertiary/aromatic N) is 2. The van der Waals surface area contributed by atoms with Gasteiger partial charge in [0.05, 0.1) is 19.9 Å². The number of para-hydroxylation sites is 1. The maximum absolute atomic E-state index is 5.35. The highest BCUT2D eigenvalue weighted by Crippen LogP contribution is 2.32. The molecule has 6 heteroatoms. The Labute approximate surface area is 232 Å². The lowest BCUT2D eigenvalue weighted by atomic mass is 9.98. The Morgan fingerprint density at radius 1 is 0.857 bits per heavy atom. The van der Waals surface area contributed by atoms with Gasteiger partial charge in [-0.25, -0.2) is 4.99 Å². The summed E-state index contributed by atoms with van der Waals surface area (Å²) in [7, 11) is 3.39. The fourth-order valence-electron chi connectivity index (χ4n) is 3.81. The van der Waals surface area contributed by atoms with E-state index in [1.165, 1.54) is 22.3 Å². The van der Waals surface area contributed by atoms with E-state index in [2.05, 4.69) is 75.1 Å². The Balaban J connectivity index is 0.00000432. The SMILES string of the molecule is CCSC(=Nc1c(C)cccc1C(C)C)N(Cc1ccc(OC)cc1)Cc1ccc(OC)cc1.I. The minimum atomic E-state index is 0. The van der Waals surface area contributed by atoms with Crippen molar-refractivity contribution >= 4 is 46.6 Å². The average Bonchev–Trinajstić information content (AvgIpc) is 2.85. The molecular weight excluding hydrogens is 567 g/mol. The van der Waals surface area contributed by atoms with Crippen LogP contribution in [-0.4, -0.2) is 30.0 Å². The smallest absolute Gasteiger partial charge is 0.165 e. The van der Waals surface area contributed by atoms with Crippen molar-refractivity contribution in [1.29, 1.82) is 0 Å². The van der Waals surface area contributed by atoms with Gasteiger partial charge in [-0.3, -0.25) is 0 Å². The van der Waals surface area contributed by atoms with Crippen LogP contribution in [0.25, 0.3) is 0 Å². The van der Waals surface area contributed by atoms with Crippen molar-refractivity contribution < 1.29 is 9.47 Å². The minimum absolute atomic E-state index is 0. The molecule has 188 valence electrons. The number of rotatable bonds is 9. The van der Waals surface area contributed by atoms with E-state index in [-0.39, 0.29) is 24.0 Å². The van der Waals surface area contributed by atoms with Crippen LogP contribution in [0.3, 0.4) is 0 Å². The average molecular weight is 605 g/mol. The predicted octanol–water partition coefficient (Wildman–Crippen LogP) is 8.20. The first-order valence-electron chi connectivity index (χ1n) is 11.8. The zero-order chi connectivity index (χ0) is 24.5. The van der Waals surface area contributed by atoms with Crippen molar-refractivity contribution in [1.82, 2.24) is 4.90 Å². The molecule has 3 aromatic carbocycles. The van der Waals surface area contributed by atoms with Gasteiger partial charge in [0, 0.05) is 13.1 Å². The van der Waals surface area contributed by atoms with Gasteiger partial charge in [-0.15, -0.1) is 24.0 Å². The van der Waals surface area contributed by atoms with E-state index in [1.807, 2.05) is 24.3 Å². The standard InChI is InChI=1S/C29H36N2O2S.HI/c1-7-34-29(30-28-22(4)9-8-10-27(28)21(2)3)31(19-23-11-15-25(32-5)16-12-23)20-24-13-17-26(33-6)18-14-24;/h8-18,21H,7,19-20H2,1-6H3;1H. The zero-order valence-corrected chi connectivity index (χ0v) is 24.7. The van der Waals surface area contributed by atoms with Crippen molar-refractivity contribution in [3.63, 3.8) is 0 Å². The normalized spacial score (nSPS) is 11.2. The van der Waals surface area contributed by atoms with E-state index < -0.39 is 0 Å².